The van der Waals surface area contributed by atoms with Crippen molar-refractivity contribution >= 4 is 17.5 Å². The number of amides is 1. The van der Waals surface area contributed by atoms with Crippen molar-refractivity contribution in [2.24, 2.45) is 0 Å². The van der Waals surface area contributed by atoms with Crippen LogP contribution < -0.4 is 14.8 Å². The molecule has 1 heterocycles. The molecule has 23 heavy (non-hydrogen) atoms. The molecule has 2 rings (SSSR count). The molecule has 0 spiro atoms. The number of rotatable bonds is 8. The van der Waals surface area contributed by atoms with E-state index >= 15 is 0 Å². The van der Waals surface area contributed by atoms with Gasteiger partial charge >= 0.3 is 0 Å². The fourth-order valence-corrected chi connectivity index (χ4v) is 2.31. The average Bonchev–Trinajstić information content (AvgIpc) is 2.98. The number of carbonyl (C=O) groups excluding carboxylic acids is 1. The van der Waals surface area contributed by atoms with Gasteiger partial charge in [-0.3, -0.25) is 9.48 Å². The maximum Gasteiger partial charge on any atom is 0.220 e. The first kappa shape index (κ1) is 17.1. The molecule has 1 N–H and O–H groups in total. The molecule has 7 heteroatoms. The van der Waals surface area contributed by atoms with Gasteiger partial charge in [-0.15, -0.1) is 0 Å². The lowest BCUT2D eigenvalue weighted by molar-refractivity contribution is -0.121. The number of carbonyl (C=O) groups is 1. The third-order valence-electron chi connectivity index (χ3n) is 3.35. The predicted molar refractivity (Wildman–Crippen MR) is 88.1 cm³/mol. The summed E-state index contributed by atoms with van der Waals surface area (Å²) < 4.78 is 12.1. The van der Waals surface area contributed by atoms with E-state index in [0.717, 1.165) is 5.56 Å². The molecule has 0 aliphatic heterocycles. The van der Waals surface area contributed by atoms with E-state index in [1.807, 2.05) is 18.2 Å². The van der Waals surface area contributed by atoms with Crippen molar-refractivity contribution in [2.45, 2.75) is 19.4 Å². The van der Waals surface area contributed by atoms with Gasteiger partial charge in [-0.2, -0.15) is 5.10 Å². The lowest BCUT2D eigenvalue weighted by atomic mass is 10.1. The van der Waals surface area contributed by atoms with Gasteiger partial charge in [0.2, 0.25) is 5.91 Å². The Balaban J connectivity index is 1.75. The fraction of sp³-hybridized carbons (Fsp3) is 0.375. The number of methoxy groups -OCH3 is 2. The van der Waals surface area contributed by atoms with Crippen molar-refractivity contribution in [3.63, 3.8) is 0 Å². The van der Waals surface area contributed by atoms with Gasteiger partial charge in [0, 0.05) is 19.2 Å². The third-order valence-corrected chi connectivity index (χ3v) is 3.55. The maximum atomic E-state index is 11.9. The Labute approximate surface area is 140 Å². The fourth-order valence-electron chi connectivity index (χ4n) is 2.15. The van der Waals surface area contributed by atoms with Crippen molar-refractivity contribution < 1.29 is 14.3 Å². The number of benzene rings is 1. The number of hydrogen-bond acceptors (Lipinski definition) is 4. The van der Waals surface area contributed by atoms with Crippen molar-refractivity contribution in [1.29, 1.82) is 0 Å². The van der Waals surface area contributed by atoms with Gasteiger partial charge in [0.25, 0.3) is 0 Å². The molecule has 1 aromatic heterocycles. The second-order valence-electron chi connectivity index (χ2n) is 4.96. The molecule has 0 bridgehead atoms. The van der Waals surface area contributed by atoms with E-state index in [2.05, 4.69) is 10.4 Å². The van der Waals surface area contributed by atoms with Crippen LogP contribution in [-0.2, 0) is 17.8 Å². The minimum absolute atomic E-state index is 0.00182. The summed E-state index contributed by atoms with van der Waals surface area (Å²) in [5.74, 6) is 1.34. The van der Waals surface area contributed by atoms with Gasteiger partial charge in [0.1, 0.15) is 0 Å². The standard InChI is InChI=1S/C16H20ClN3O3/c1-22-14-5-3-12(9-15(14)23-2)4-6-16(21)18-7-8-20-11-13(17)10-19-20/h3,5,9-11H,4,6-8H2,1-2H3,(H,18,21). The van der Waals surface area contributed by atoms with E-state index in [4.69, 9.17) is 21.1 Å². The summed E-state index contributed by atoms with van der Waals surface area (Å²) in [6, 6.07) is 5.66. The molecule has 0 saturated heterocycles. The first-order valence-electron chi connectivity index (χ1n) is 7.28. The van der Waals surface area contributed by atoms with Gasteiger partial charge in [-0.25, -0.2) is 0 Å². The van der Waals surface area contributed by atoms with Crippen molar-refractivity contribution in [2.75, 3.05) is 20.8 Å². The number of aryl methyl sites for hydroxylation is 1. The van der Waals surface area contributed by atoms with Crippen LogP contribution in [0, 0.1) is 0 Å². The van der Waals surface area contributed by atoms with E-state index in [0.29, 0.717) is 42.5 Å². The summed E-state index contributed by atoms with van der Waals surface area (Å²) >= 11 is 5.78. The largest absolute Gasteiger partial charge is 0.493 e. The number of nitrogens with one attached hydrogen (secondary N) is 1. The Morgan fingerprint density at radius 2 is 2.09 bits per heavy atom. The van der Waals surface area contributed by atoms with Crippen molar-refractivity contribution in [3.05, 3.63) is 41.2 Å². The van der Waals surface area contributed by atoms with E-state index in [-0.39, 0.29) is 5.91 Å². The molecule has 1 amide bonds. The van der Waals surface area contributed by atoms with Gasteiger partial charge in [0.15, 0.2) is 11.5 Å². The minimum atomic E-state index is -0.00182. The Morgan fingerprint density at radius 3 is 2.74 bits per heavy atom. The Morgan fingerprint density at radius 1 is 1.30 bits per heavy atom. The number of nitrogens with zero attached hydrogens (tertiary/aromatic N) is 2. The van der Waals surface area contributed by atoms with E-state index < -0.39 is 0 Å². The molecule has 0 atom stereocenters. The van der Waals surface area contributed by atoms with Crippen LogP contribution in [0.15, 0.2) is 30.6 Å². The van der Waals surface area contributed by atoms with E-state index in [1.54, 1.807) is 31.3 Å². The first-order chi connectivity index (χ1) is 11.1. The Bertz CT molecular complexity index is 658. The van der Waals surface area contributed by atoms with E-state index in [9.17, 15) is 4.79 Å². The normalized spacial score (nSPS) is 10.4. The zero-order valence-electron chi connectivity index (χ0n) is 13.2. The van der Waals surface area contributed by atoms with Gasteiger partial charge in [-0.05, 0) is 24.1 Å². The maximum absolute atomic E-state index is 11.9. The SMILES string of the molecule is COc1ccc(CCC(=O)NCCn2cc(Cl)cn2)cc1OC. The quantitative estimate of drug-likeness (QED) is 0.802. The van der Waals surface area contributed by atoms with Gasteiger partial charge in [-0.1, -0.05) is 17.7 Å². The summed E-state index contributed by atoms with van der Waals surface area (Å²) in [6.45, 7) is 1.11. The molecule has 2 aromatic rings. The van der Waals surface area contributed by atoms with Crippen molar-refractivity contribution in [1.82, 2.24) is 15.1 Å². The smallest absolute Gasteiger partial charge is 0.220 e. The average molecular weight is 338 g/mol. The molecule has 1 aromatic carbocycles. The Kier molecular flexibility index (Phi) is 6.29. The van der Waals surface area contributed by atoms with Crippen LogP contribution in [0.3, 0.4) is 0 Å². The number of hydrogen-bond donors (Lipinski definition) is 1. The van der Waals surface area contributed by atoms with E-state index in [1.165, 1.54) is 0 Å². The highest BCUT2D eigenvalue weighted by atomic mass is 35.5. The zero-order chi connectivity index (χ0) is 16.7. The first-order valence-corrected chi connectivity index (χ1v) is 7.65. The highest BCUT2D eigenvalue weighted by molar-refractivity contribution is 6.30. The number of ether oxygens (including phenoxy) is 2. The summed E-state index contributed by atoms with van der Waals surface area (Å²) in [5, 5.41) is 7.50. The third kappa shape index (κ3) is 5.17. The summed E-state index contributed by atoms with van der Waals surface area (Å²) in [5.41, 5.74) is 1.02. The molecular weight excluding hydrogens is 318 g/mol. The molecule has 0 radical (unpaired) electrons. The Hall–Kier alpha value is -2.21. The minimum Gasteiger partial charge on any atom is -0.493 e. The highest BCUT2D eigenvalue weighted by Crippen LogP contribution is 2.27. The highest BCUT2D eigenvalue weighted by Gasteiger charge is 2.07. The lowest BCUT2D eigenvalue weighted by Crippen LogP contribution is -2.27. The van der Waals surface area contributed by atoms with Crippen LogP contribution in [0.25, 0.3) is 0 Å². The van der Waals surface area contributed by atoms with Gasteiger partial charge < -0.3 is 14.8 Å². The van der Waals surface area contributed by atoms with Crippen LogP contribution in [0.2, 0.25) is 5.02 Å². The summed E-state index contributed by atoms with van der Waals surface area (Å²) in [4.78, 5) is 11.9. The number of aromatic nitrogens is 2. The molecule has 124 valence electrons. The second kappa shape index (κ2) is 8.43. The topological polar surface area (TPSA) is 65.4 Å². The van der Waals surface area contributed by atoms with Crippen LogP contribution in [0.1, 0.15) is 12.0 Å². The monoisotopic (exact) mass is 337 g/mol. The van der Waals surface area contributed by atoms with Crippen LogP contribution >= 0.6 is 11.6 Å². The molecule has 0 fully saturated rings. The molecule has 0 aliphatic carbocycles. The summed E-state index contributed by atoms with van der Waals surface area (Å²) in [7, 11) is 3.19. The second-order valence-corrected chi connectivity index (χ2v) is 5.40. The van der Waals surface area contributed by atoms with Crippen LogP contribution in [0.4, 0.5) is 0 Å². The van der Waals surface area contributed by atoms with Gasteiger partial charge in [0.05, 0.1) is 32.0 Å². The lowest BCUT2D eigenvalue weighted by Gasteiger charge is -2.10. The molecule has 6 nitrogen and oxygen atoms in total. The molecular formula is C16H20ClN3O3. The predicted octanol–water partition coefficient (Wildman–Crippen LogP) is 2.30. The zero-order valence-corrected chi connectivity index (χ0v) is 14.0. The van der Waals surface area contributed by atoms with Crippen LogP contribution in [-0.4, -0.2) is 36.5 Å². The molecule has 0 aliphatic rings. The molecule has 0 saturated carbocycles. The molecule has 0 unspecified atom stereocenters. The number of halogens is 1. The summed E-state index contributed by atoms with van der Waals surface area (Å²) in [6.07, 6.45) is 4.34. The van der Waals surface area contributed by atoms with Crippen molar-refractivity contribution in [3.8, 4) is 11.5 Å². The van der Waals surface area contributed by atoms with Crippen LogP contribution in [0.5, 0.6) is 11.5 Å².